The number of hydrogen-bond acceptors (Lipinski definition) is 12. The molecule has 12 heteroatoms. The molecule has 138 heavy (non-hydrogen) atoms. The highest BCUT2D eigenvalue weighted by atomic mass is 32.2. The van der Waals surface area contributed by atoms with Gasteiger partial charge in [0, 0.05) is 161 Å². The topological polar surface area (TPSA) is 19.4 Å². The molecule has 0 fully saturated rings. The Morgan fingerprint density at radius 2 is 0.181 bits per heavy atom. The van der Waals surface area contributed by atoms with Crippen LogP contribution in [0.15, 0.2) is 605 Å². The first-order valence-corrected chi connectivity index (χ1v) is 50.9. The number of nitrogens with zero attached hydrogens (tertiary/aromatic N) is 6. The monoisotopic (exact) mass is 1880 g/mol. The molecule has 22 rings (SSSR count). The lowest BCUT2D eigenvalue weighted by molar-refractivity contribution is 1.23. The van der Waals surface area contributed by atoms with Crippen molar-refractivity contribution in [2.24, 2.45) is 0 Å². The highest BCUT2D eigenvalue weighted by Gasteiger charge is 2.26. The van der Waals surface area contributed by atoms with Crippen LogP contribution < -0.4 is 29.4 Å². The molecule has 6 nitrogen and oxygen atoms in total. The molecule has 660 valence electrons. The van der Waals surface area contributed by atoms with E-state index in [9.17, 15) is 0 Å². The van der Waals surface area contributed by atoms with E-state index in [2.05, 4.69) is 575 Å². The molecule has 0 spiro atoms. The van der Waals surface area contributed by atoms with Crippen molar-refractivity contribution in [3.8, 4) is 0 Å². The molecule has 0 aliphatic rings. The lowest BCUT2D eigenvalue weighted by Crippen LogP contribution is -2.09. The number of para-hydroxylation sites is 12. The molecular weight excluding hydrogens is 1790 g/mol. The lowest BCUT2D eigenvalue weighted by Gasteiger charge is -2.26. The minimum atomic E-state index is 1.07. The van der Waals surface area contributed by atoms with Crippen molar-refractivity contribution in [3.63, 3.8) is 0 Å². The van der Waals surface area contributed by atoms with Gasteiger partial charge >= 0.3 is 0 Å². The van der Waals surface area contributed by atoms with E-state index < -0.39 is 0 Å². The van der Waals surface area contributed by atoms with E-state index in [1.165, 1.54) is 0 Å². The van der Waals surface area contributed by atoms with Crippen LogP contribution in [-0.2, 0) is 0 Å². The Bertz CT molecular complexity index is 6370. The summed E-state index contributed by atoms with van der Waals surface area (Å²) in [6, 6.07) is 198. The number of fused-ring (bicyclic) bond motifs is 6. The number of benzene rings is 22. The first-order valence-electron chi connectivity index (χ1n) is 46.0. The number of hydrogen-bond donors (Lipinski definition) is 0. The summed E-state index contributed by atoms with van der Waals surface area (Å²) >= 11 is 10.9. The van der Waals surface area contributed by atoms with Crippen LogP contribution in [0.2, 0.25) is 0 Å². The van der Waals surface area contributed by atoms with Gasteiger partial charge in [-0.15, -0.1) is 0 Å². The first-order chi connectivity index (χ1) is 68.4. The number of rotatable bonds is 30. The van der Waals surface area contributed by atoms with Gasteiger partial charge in [-0.3, -0.25) is 0 Å². The van der Waals surface area contributed by atoms with Crippen LogP contribution in [0.4, 0.5) is 102 Å². The average molecular weight is 1880 g/mol. The van der Waals surface area contributed by atoms with Gasteiger partial charge in [-0.05, 0) is 360 Å². The van der Waals surface area contributed by atoms with Crippen LogP contribution in [0.5, 0.6) is 0 Å². The zero-order valence-electron chi connectivity index (χ0n) is 75.1. The Kier molecular flexibility index (Phi) is 26.3. The Morgan fingerprint density at radius 1 is 0.0942 bits per heavy atom. The van der Waals surface area contributed by atoms with Gasteiger partial charge in [0.2, 0.25) is 0 Å². The van der Waals surface area contributed by atoms with Gasteiger partial charge in [-0.2, -0.15) is 0 Å². The Labute approximate surface area is 832 Å². The van der Waals surface area contributed by atoms with Gasteiger partial charge in [0.15, 0.2) is 0 Å². The summed E-state index contributed by atoms with van der Waals surface area (Å²) in [7, 11) is 0. The molecule has 0 heterocycles. The van der Waals surface area contributed by atoms with Crippen LogP contribution in [0, 0.1) is 0 Å². The Morgan fingerprint density at radius 3 is 0.275 bits per heavy atom. The van der Waals surface area contributed by atoms with E-state index in [4.69, 9.17) is 0 Å². The van der Waals surface area contributed by atoms with Crippen molar-refractivity contribution in [2.45, 2.75) is 58.7 Å². The quantitative estimate of drug-likeness (QED) is 0.0400. The van der Waals surface area contributed by atoms with E-state index in [1.807, 2.05) is 70.6 Å². The normalized spacial score (nSPS) is 11.2. The molecular formula is C126H90N6S6. The summed E-state index contributed by atoms with van der Waals surface area (Å²) in [4.78, 5) is 27.5. The maximum Gasteiger partial charge on any atom is 0.0462 e. The SMILES string of the molecule is c1ccc(N(c2ccccc2)c2ccc(Sc3cc4c5cc(Sc6ccc(N(c7ccccc7)c7ccccc7)cc6)c(Sc6ccc(N(c7ccccc7)c7ccccc7)cc6)cc5c5cc(Sc6ccc(N(c7ccccc7)c7ccccc7)cc6)c(Sc6ccc(N(c7ccccc7)c7ccccc7)cc6)cc5c4cc3Sc3ccc(N(c4ccccc4)c4ccccc4)cc3)cc2)cc1. The van der Waals surface area contributed by atoms with Gasteiger partial charge < -0.3 is 29.4 Å². The molecule has 0 amide bonds. The van der Waals surface area contributed by atoms with E-state index in [0.29, 0.717) is 0 Å². The minimum absolute atomic E-state index is 1.07. The largest absolute Gasteiger partial charge is 0.311 e. The molecule has 0 N–H and O–H groups in total. The summed E-state index contributed by atoms with van der Waals surface area (Å²) < 4.78 is 0. The molecule has 22 aromatic rings. The molecule has 0 saturated carbocycles. The van der Waals surface area contributed by atoms with E-state index >= 15 is 0 Å². The Hall–Kier alpha value is -15.5. The summed E-state index contributed by atoms with van der Waals surface area (Å²) in [5.74, 6) is 0. The third kappa shape index (κ3) is 19.6. The molecule has 0 radical (unpaired) electrons. The second-order valence-electron chi connectivity index (χ2n) is 33.1. The average Bonchev–Trinajstić information content (AvgIpc) is 0.719. The summed E-state index contributed by atoms with van der Waals surface area (Å²) in [5, 5.41) is 6.91. The van der Waals surface area contributed by atoms with Gasteiger partial charge in [0.1, 0.15) is 0 Å². The van der Waals surface area contributed by atoms with Crippen molar-refractivity contribution >= 4 is 205 Å². The fourth-order valence-electron chi connectivity index (χ4n) is 17.8. The second kappa shape index (κ2) is 41.4. The summed E-state index contributed by atoms with van der Waals surface area (Å²) in [6.45, 7) is 0. The van der Waals surface area contributed by atoms with E-state index in [0.717, 1.165) is 193 Å². The standard InChI is InChI=1S/C126H90N6S6/c1-13-37-91(38-14-1)127(92-39-15-2-16-40-92)103-61-73-109(74-62-103)133-121-85-115-116(86-122(121)134-110-75-63-104(64-76-110)128(93-41-17-3-18-42-93)94-43-19-4-20-44-94)118-88-124(136-112-79-67-106(68-80-112)130(97-49-25-7-26-50-97)98-51-27-8-28-52-98)126(138-114-83-71-108(72-84-114)132(101-57-33-11-34-58-101)102-59-35-12-36-60-102)90-120(118)119-89-125(137-113-81-69-107(70-82-113)131(99-53-29-9-30-54-99)100-55-31-10-32-56-100)123(87-117(115)119)135-111-77-65-105(66-78-111)129(95-45-21-5-22-46-95)96-47-23-6-24-48-96/h1-90H. The molecule has 0 saturated heterocycles. The molecule has 0 aromatic heterocycles. The van der Waals surface area contributed by atoms with E-state index in [-0.39, 0.29) is 0 Å². The third-order valence-electron chi connectivity index (χ3n) is 24.2. The van der Waals surface area contributed by atoms with E-state index in [1.54, 1.807) is 0 Å². The predicted molar refractivity (Wildman–Crippen MR) is 590 cm³/mol. The fourth-order valence-corrected chi connectivity index (χ4v) is 23.8. The van der Waals surface area contributed by atoms with Crippen LogP contribution in [-0.4, -0.2) is 0 Å². The van der Waals surface area contributed by atoms with Crippen molar-refractivity contribution in [1.82, 2.24) is 0 Å². The maximum absolute atomic E-state index is 2.52. The third-order valence-corrected chi connectivity index (χ3v) is 31.0. The van der Waals surface area contributed by atoms with Crippen molar-refractivity contribution in [2.75, 3.05) is 29.4 Å². The smallest absolute Gasteiger partial charge is 0.0462 e. The second-order valence-corrected chi connectivity index (χ2v) is 39.8. The van der Waals surface area contributed by atoms with Gasteiger partial charge in [0.05, 0.1) is 0 Å². The van der Waals surface area contributed by atoms with Crippen molar-refractivity contribution < 1.29 is 0 Å². The maximum atomic E-state index is 2.52. The van der Waals surface area contributed by atoms with Gasteiger partial charge in [-0.1, -0.05) is 289 Å². The predicted octanol–water partition coefficient (Wildman–Crippen LogP) is 38.9. The molecule has 0 atom stereocenters. The highest BCUT2D eigenvalue weighted by Crippen LogP contribution is 2.54. The molecule has 0 aliphatic carbocycles. The van der Waals surface area contributed by atoms with Crippen LogP contribution in [0.25, 0.3) is 32.3 Å². The van der Waals surface area contributed by atoms with Crippen molar-refractivity contribution in [1.29, 1.82) is 0 Å². The van der Waals surface area contributed by atoms with Crippen LogP contribution in [0.3, 0.4) is 0 Å². The highest BCUT2D eigenvalue weighted by molar-refractivity contribution is 8.03. The molecule has 0 aliphatic heterocycles. The zero-order chi connectivity index (χ0) is 92.1. The van der Waals surface area contributed by atoms with Crippen molar-refractivity contribution in [3.05, 3.63) is 546 Å². The minimum Gasteiger partial charge on any atom is -0.311 e. The first kappa shape index (κ1) is 87.8. The lowest BCUT2D eigenvalue weighted by atomic mass is 9.94. The summed E-state index contributed by atoms with van der Waals surface area (Å²) in [6.07, 6.45) is 0. The molecule has 0 bridgehead atoms. The van der Waals surface area contributed by atoms with Gasteiger partial charge in [0.25, 0.3) is 0 Å². The van der Waals surface area contributed by atoms with Gasteiger partial charge in [-0.25, -0.2) is 0 Å². The Balaban J connectivity index is 0.764. The van der Waals surface area contributed by atoms with Crippen LogP contribution in [0.1, 0.15) is 0 Å². The number of anilines is 18. The molecule has 22 aromatic carbocycles. The van der Waals surface area contributed by atoms with Crippen LogP contribution >= 0.6 is 70.6 Å². The zero-order valence-corrected chi connectivity index (χ0v) is 80.0. The summed E-state index contributed by atoms with van der Waals surface area (Å²) in [5.41, 5.74) is 19.4. The molecule has 0 unspecified atom stereocenters. The fraction of sp³-hybridized carbons (Fsp3) is 0.